The lowest BCUT2D eigenvalue weighted by atomic mass is 10.0. The third kappa shape index (κ3) is 5.74. The summed E-state index contributed by atoms with van der Waals surface area (Å²) in [6.45, 7) is 4.15. The van der Waals surface area contributed by atoms with Gasteiger partial charge in [-0.2, -0.15) is 5.26 Å². The highest BCUT2D eigenvalue weighted by Crippen LogP contribution is 2.23. The number of nitriles is 1. The van der Waals surface area contributed by atoms with Crippen molar-refractivity contribution in [3.63, 3.8) is 0 Å². The Labute approximate surface area is 191 Å². The van der Waals surface area contributed by atoms with Crippen LogP contribution < -0.4 is 10.6 Å². The number of hydrogen-bond acceptors (Lipinski definition) is 8. The van der Waals surface area contributed by atoms with Crippen molar-refractivity contribution in [1.29, 1.82) is 5.26 Å². The number of rotatable bonds is 6. The minimum Gasteiger partial charge on any atom is -0.381 e. The Morgan fingerprint density at radius 2 is 2.24 bits per heavy atom. The van der Waals surface area contributed by atoms with E-state index in [-0.39, 0.29) is 11.6 Å². The molecular formula is C23H27FN6O3. The summed E-state index contributed by atoms with van der Waals surface area (Å²) in [7, 11) is 0. The molecule has 174 valence electrons. The Kier molecular flexibility index (Phi) is 7.32. The normalized spacial score (nSPS) is 17.5. The van der Waals surface area contributed by atoms with E-state index < -0.39 is 18.0 Å². The number of nitrogens with one attached hydrogen (secondary N) is 2. The van der Waals surface area contributed by atoms with Gasteiger partial charge in [0, 0.05) is 37.6 Å². The van der Waals surface area contributed by atoms with Crippen molar-refractivity contribution in [3.05, 3.63) is 52.6 Å². The van der Waals surface area contributed by atoms with E-state index in [0.717, 1.165) is 43.4 Å². The van der Waals surface area contributed by atoms with E-state index in [4.69, 9.17) is 14.8 Å². The summed E-state index contributed by atoms with van der Waals surface area (Å²) >= 11 is 0. The van der Waals surface area contributed by atoms with Gasteiger partial charge in [0.15, 0.2) is 0 Å². The molecule has 1 fully saturated rings. The maximum atomic E-state index is 14.4. The zero-order valence-corrected chi connectivity index (χ0v) is 18.5. The van der Waals surface area contributed by atoms with Crippen LogP contribution in [0.15, 0.2) is 24.4 Å². The molecule has 9 nitrogen and oxygen atoms in total. The Morgan fingerprint density at radius 3 is 2.97 bits per heavy atom. The highest BCUT2D eigenvalue weighted by molar-refractivity contribution is 5.67. The second-order valence-corrected chi connectivity index (χ2v) is 8.14. The molecule has 0 bridgehead atoms. The SMILES string of the molecule is CC[C@@H](NC(=O)ON1CCc2cnc(NC3CCOCC3)nc2C1)c1ccc(C#N)cc1F. The van der Waals surface area contributed by atoms with Crippen LogP contribution in [0.3, 0.4) is 0 Å². The molecule has 1 saturated heterocycles. The molecule has 2 aliphatic rings. The van der Waals surface area contributed by atoms with Gasteiger partial charge in [0.1, 0.15) is 5.82 Å². The number of aromatic nitrogens is 2. The molecule has 2 aliphatic heterocycles. The summed E-state index contributed by atoms with van der Waals surface area (Å²) in [5.74, 6) is 0.0312. The monoisotopic (exact) mass is 454 g/mol. The largest absolute Gasteiger partial charge is 0.426 e. The number of halogens is 1. The van der Waals surface area contributed by atoms with Gasteiger partial charge in [0.25, 0.3) is 0 Å². The second-order valence-electron chi connectivity index (χ2n) is 8.14. The summed E-state index contributed by atoms with van der Waals surface area (Å²) in [5, 5.41) is 16.5. The molecule has 33 heavy (non-hydrogen) atoms. The molecule has 1 atom stereocenters. The Balaban J connectivity index is 1.35. The van der Waals surface area contributed by atoms with Crippen LogP contribution in [0.4, 0.5) is 15.1 Å². The number of carbonyl (C=O) groups excluding carboxylic acids is 1. The van der Waals surface area contributed by atoms with Gasteiger partial charge in [0.2, 0.25) is 5.95 Å². The zero-order chi connectivity index (χ0) is 23.2. The van der Waals surface area contributed by atoms with Crippen LogP contribution in [-0.2, 0) is 22.5 Å². The minimum atomic E-state index is -0.663. The first-order chi connectivity index (χ1) is 16.1. The van der Waals surface area contributed by atoms with Crippen molar-refractivity contribution in [2.45, 2.75) is 51.2 Å². The van der Waals surface area contributed by atoms with Gasteiger partial charge in [-0.25, -0.2) is 19.2 Å². The fraction of sp³-hybridized carbons (Fsp3) is 0.478. The Hall–Kier alpha value is -3.29. The number of hydroxylamine groups is 2. The molecule has 0 spiro atoms. The maximum absolute atomic E-state index is 14.4. The van der Waals surface area contributed by atoms with Crippen LogP contribution in [0, 0.1) is 17.1 Å². The maximum Gasteiger partial charge on any atom is 0.426 e. The van der Waals surface area contributed by atoms with Crippen molar-refractivity contribution in [2.24, 2.45) is 0 Å². The molecule has 1 amide bonds. The molecule has 10 heteroatoms. The van der Waals surface area contributed by atoms with Gasteiger partial charge in [-0.3, -0.25) is 0 Å². The Bertz CT molecular complexity index is 1040. The lowest BCUT2D eigenvalue weighted by molar-refractivity contribution is -0.112. The number of benzene rings is 1. The quantitative estimate of drug-likeness (QED) is 0.684. The van der Waals surface area contributed by atoms with E-state index in [1.54, 1.807) is 5.06 Å². The summed E-state index contributed by atoms with van der Waals surface area (Å²) in [6, 6.07) is 5.83. The van der Waals surface area contributed by atoms with Crippen molar-refractivity contribution in [1.82, 2.24) is 20.3 Å². The van der Waals surface area contributed by atoms with E-state index in [1.165, 1.54) is 12.1 Å². The number of amides is 1. The highest BCUT2D eigenvalue weighted by atomic mass is 19.1. The average Bonchev–Trinajstić information content (AvgIpc) is 2.83. The van der Waals surface area contributed by atoms with Gasteiger partial charge in [0.05, 0.1) is 29.9 Å². The third-order valence-electron chi connectivity index (χ3n) is 5.88. The smallest absolute Gasteiger partial charge is 0.381 e. The van der Waals surface area contributed by atoms with Crippen LogP contribution >= 0.6 is 0 Å². The van der Waals surface area contributed by atoms with Crippen LogP contribution in [0.25, 0.3) is 0 Å². The fourth-order valence-electron chi connectivity index (χ4n) is 4.02. The van der Waals surface area contributed by atoms with E-state index in [2.05, 4.69) is 20.6 Å². The second kappa shape index (κ2) is 10.6. The standard InChI is InChI=1S/C23H27FN6O3/c1-2-20(18-4-3-15(12-25)11-19(18)24)29-23(31)33-30-8-5-16-13-26-22(28-21(16)14-30)27-17-6-9-32-10-7-17/h3-4,11,13,17,20H,2,5-10,14H2,1H3,(H,29,31)(H,26,27,28)/t20-/m1/s1. The minimum absolute atomic E-state index is 0.230. The van der Waals surface area contributed by atoms with Crippen molar-refractivity contribution in [3.8, 4) is 6.07 Å². The molecule has 3 heterocycles. The molecule has 1 aromatic carbocycles. The Morgan fingerprint density at radius 1 is 1.42 bits per heavy atom. The van der Waals surface area contributed by atoms with Crippen LogP contribution in [0.2, 0.25) is 0 Å². The molecule has 0 unspecified atom stereocenters. The average molecular weight is 455 g/mol. The number of nitrogens with zero attached hydrogens (tertiary/aromatic N) is 4. The number of anilines is 1. The first-order valence-corrected chi connectivity index (χ1v) is 11.2. The van der Waals surface area contributed by atoms with Gasteiger partial charge in [-0.1, -0.05) is 13.0 Å². The van der Waals surface area contributed by atoms with Crippen LogP contribution in [0.5, 0.6) is 0 Å². The zero-order valence-electron chi connectivity index (χ0n) is 18.5. The molecular weight excluding hydrogens is 427 g/mol. The van der Waals surface area contributed by atoms with E-state index in [9.17, 15) is 9.18 Å². The molecule has 2 aromatic rings. The third-order valence-corrected chi connectivity index (χ3v) is 5.88. The predicted octanol–water partition coefficient (Wildman–Crippen LogP) is 3.23. The lowest BCUT2D eigenvalue weighted by Crippen LogP contribution is -2.39. The number of ether oxygens (including phenoxy) is 1. The number of hydrogen-bond donors (Lipinski definition) is 2. The molecule has 0 radical (unpaired) electrons. The number of fused-ring (bicyclic) bond motifs is 1. The fourth-order valence-corrected chi connectivity index (χ4v) is 4.02. The predicted molar refractivity (Wildman–Crippen MR) is 117 cm³/mol. The van der Waals surface area contributed by atoms with E-state index >= 15 is 0 Å². The molecule has 0 aliphatic carbocycles. The molecule has 1 aromatic heterocycles. The molecule has 0 saturated carbocycles. The topological polar surface area (TPSA) is 112 Å². The number of carbonyl (C=O) groups is 1. The summed E-state index contributed by atoms with van der Waals surface area (Å²) in [6.07, 6.45) is 4.10. The highest BCUT2D eigenvalue weighted by Gasteiger charge is 2.24. The van der Waals surface area contributed by atoms with Gasteiger partial charge < -0.3 is 20.2 Å². The first kappa shape index (κ1) is 22.9. The van der Waals surface area contributed by atoms with Gasteiger partial charge in [-0.05, 0) is 43.4 Å². The van der Waals surface area contributed by atoms with E-state index in [1.807, 2.05) is 19.2 Å². The summed E-state index contributed by atoms with van der Waals surface area (Å²) in [4.78, 5) is 27.1. The van der Waals surface area contributed by atoms with Crippen molar-refractivity contribution in [2.75, 3.05) is 25.1 Å². The van der Waals surface area contributed by atoms with E-state index in [0.29, 0.717) is 37.4 Å². The van der Waals surface area contributed by atoms with Gasteiger partial charge in [-0.15, -0.1) is 5.06 Å². The first-order valence-electron chi connectivity index (χ1n) is 11.2. The van der Waals surface area contributed by atoms with Crippen LogP contribution in [-0.4, -0.2) is 46.9 Å². The molecule has 2 N–H and O–H groups in total. The lowest BCUT2D eigenvalue weighted by Gasteiger charge is -2.28. The molecule has 4 rings (SSSR count). The van der Waals surface area contributed by atoms with Gasteiger partial charge >= 0.3 is 6.09 Å². The van der Waals surface area contributed by atoms with Crippen molar-refractivity contribution < 1.29 is 18.8 Å². The summed E-state index contributed by atoms with van der Waals surface area (Å²) < 4.78 is 19.8. The van der Waals surface area contributed by atoms with Crippen molar-refractivity contribution >= 4 is 12.0 Å². The van der Waals surface area contributed by atoms with Crippen LogP contribution in [0.1, 0.15) is 54.6 Å². The summed E-state index contributed by atoms with van der Waals surface area (Å²) in [5.41, 5.74) is 2.38.